The fourth-order valence-corrected chi connectivity index (χ4v) is 3.07. The number of aliphatic hydroxyl groups excluding tert-OH is 1. The van der Waals surface area contributed by atoms with E-state index in [9.17, 15) is 9.90 Å². The third-order valence-corrected chi connectivity index (χ3v) is 4.10. The van der Waals surface area contributed by atoms with Gasteiger partial charge in [0.25, 0.3) is 0 Å². The maximum Gasteiger partial charge on any atom is 0.233 e. The topological polar surface area (TPSA) is 49.8 Å². The summed E-state index contributed by atoms with van der Waals surface area (Å²) in [6.07, 6.45) is 5.31. The van der Waals surface area contributed by atoms with Crippen LogP contribution in [0.1, 0.15) is 12.8 Å². The number of carbonyl (C=O) groups excluding carboxylic acids is 1. The molecule has 22 heavy (non-hydrogen) atoms. The van der Waals surface area contributed by atoms with Gasteiger partial charge in [-0.15, -0.1) is 12.3 Å². The van der Waals surface area contributed by atoms with Gasteiger partial charge in [-0.1, -0.05) is 22.5 Å². The fraction of sp³-hybridized carbons (Fsp3) is 0.353. The number of methoxy groups -OCH3 is 1. The predicted molar refractivity (Wildman–Crippen MR) is 89.9 cm³/mol. The Kier molecular flexibility index (Phi) is 5.28. The van der Waals surface area contributed by atoms with Gasteiger partial charge in [0, 0.05) is 18.5 Å². The van der Waals surface area contributed by atoms with Crippen LogP contribution in [0.3, 0.4) is 0 Å². The molecule has 5 heteroatoms. The first-order valence-electron chi connectivity index (χ1n) is 6.91. The van der Waals surface area contributed by atoms with Gasteiger partial charge in [-0.3, -0.25) is 4.79 Å². The molecule has 1 aliphatic rings. The summed E-state index contributed by atoms with van der Waals surface area (Å²) in [5, 5.41) is 10.4. The van der Waals surface area contributed by atoms with Gasteiger partial charge in [0.2, 0.25) is 5.91 Å². The molecule has 1 amide bonds. The SMILES string of the molecule is C#CC[C@H]1C(=O)N(c2ccc(OC)cc2)[C@H]1[C@H](O)CC(=C)Br. The van der Waals surface area contributed by atoms with Gasteiger partial charge in [0.05, 0.1) is 25.2 Å². The van der Waals surface area contributed by atoms with Crippen LogP contribution in [0.2, 0.25) is 0 Å². The number of halogens is 1. The molecule has 0 spiro atoms. The summed E-state index contributed by atoms with van der Waals surface area (Å²) in [6, 6.07) is 6.82. The molecule has 2 rings (SSSR count). The van der Waals surface area contributed by atoms with Crippen LogP contribution in [-0.4, -0.2) is 30.3 Å². The van der Waals surface area contributed by atoms with Crippen molar-refractivity contribution in [3.05, 3.63) is 35.3 Å². The van der Waals surface area contributed by atoms with E-state index in [4.69, 9.17) is 11.2 Å². The van der Waals surface area contributed by atoms with Crippen LogP contribution in [0.4, 0.5) is 5.69 Å². The summed E-state index contributed by atoms with van der Waals surface area (Å²) in [7, 11) is 1.58. The molecule has 1 aromatic rings. The number of carbonyl (C=O) groups is 1. The molecule has 3 atom stereocenters. The molecule has 0 aliphatic carbocycles. The minimum absolute atomic E-state index is 0.0626. The van der Waals surface area contributed by atoms with Gasteiger partial charge in [0.1, 0.15) is 5.75 Å². The van der Waals surface area contributed by atoms with Crippen LogP contribution in [0, 0.1) is 18.3 Å². The van der Waals surface area contributed by atoms with Crippen LogP contribution in [-0.2, 0) is 4.79 Å². The molecule has 0 unspecified atom stereocenters. The van der Waals surface area contributed by atoms with E-state index in [2.05, 4.69) is 28.4 Å². The highest BCUT2D eigenvalue weighted by Gasteiger charge is 2.50. The zero-order valence-corrected chi connectivity index (χ0v) is 13.9. The van der Waals surface area contributed by atoms with Crippen molar-refractivity contribution < 1.29 is 14.6 Å². The minimum atomic E-state index is -0.718. The number of hydrogen-bond donors (Lipinski definition) is 1. The molecule has 1 N–H and O–H groups in total. The van der Waals surface area contributed by atoms with E-state index < -0.39 is 6.10 Å². The first kappa shape index (κ1) is 16.6. The van der Waals surface area contributed by atoms with E-state index in [-0.39, 0.29) is 17.9 Å². The van der Waals surface area contributed by atoms with Gasteiger partial charge < -0.3 is 14.7 Å². The van der Waals surface area contributed by atoms with E-state index in [1.807, 2.05) is 0 Å². The molecule has 1 fully saturated rings. The van der Waals surface area contributed by atoms with Crippen LogP contribution >= 0.6 is 15.9 Å². The molecule has 0 bridgehead atoms. The molecule has 4 nitrogen and oxygen atoms in total. The van der Waals surface area contributed by atoms with E-state index in [0.29, 0.717) is 23.1 Å². The lowest BCUT2D eigenvalue weighted by molar-refractivity contribution is -0.133. The molecule has 0 saturated carbocycles. The van der Waals surface area contributed by atoms with E-state index >= 15 is 0 Å². The smallest absolute Gasteiger partial charge is 0.233 e. The number of rotatable bonds is 6. The number of anilines is 1. The van der Waals surface area contributed by atoms with Crippen molar-refractivity contribution in [2.45, 2.75) is 25.0 Å². The Balaban J connectivity index is 2.25. The van der Waals surface area contributed by atoms with Crippen molar-refractivity contribution in [2.24, 2.45) is 5.92 Å². The fourth-order valence-electron chi connectivity index (χ4n) is 2.73. The molecular weight excluding hydrogens is 346 g/mol. The zero-order chi connectivity index (χ0) is 16.3. The first-order chi connectivity index (χ1) is 10.5. The summed E-state index contributed by atoms with van der Waals surface area (Å²) in [5.74, 6) is 2.81. The average molecular weight is 364 g/mol. The van der Waals surface area contributed by atoms with Gasteiger partial charge in [-0.2, -0.15) is 0 Å². The summed E-state index contributed by atoms with van der Waals surface area (Å²) in [5.41, 5.74) is 0.725. The molecule has 0 aromatic heterocycles. The van der Waals surface area contributed by atoms with Crippen LogP contribution < -0.4 is 9.64 Å². The maximum atomic E-state index is 12.4. The Morgan fingerprint density at radius 3 is 2.68 bits per heavy atom. The molecule has 1 aliphatic heterocycles. The van der Waals surface area contributed by atoms with Crippen molar-refractivity contribution in [3.63, 3.8) is 0 Å². The van der Waals surface area contributed by atoms with Gasteiger partial charge in [-0.25, -0.2) is 0 Å². The van der Waals surface area contributed by atoms with Crippen molar-refractivity contribution >= 4 is 27.5 Å². The van der Waals surface area contributed by atoms with E-state index in [1.54, 1.807) is 36.3 Å². The normalized spacial score (nSPS) is 21.7. The number of nitrogens with zero attached hydrogens (tertiary/aromatic N) is 1. The minimum Gasteiger partial charge on any atom is -0.497 e. The molecule has 0 radical (unpaired) electrons. The van der Waals surface area contributed by atoms with Crippen molar-refractivity contribution in [1.29, 1.82) is 0 Å². The summed E-state index contributed by atoms with van der Waals surface area (Å²) in [4.78, 5) is 14.0. The third-order valence-electron chi connectivity index (χ3n) is 3.78. The maximum absolute atomic E-state index is 12.4. The second-order valence-electron chi connectivity index (χ2n) is 5.20. The lowest BCUT2D eigenvalue weighted by atomic mass is 9.80. The number of aliphatic hydroxyl groups is 1. The van der Waals surface area contributed by atoms with Gasteiger partial charge >= 0.3 is 0 Å². The van der Waals surface area contributed by atoms with E-state index in [0.717, 1.165) is 5.69 Å². The number of terminal acetylenes is 1. The Hall–Kier alpha value is -1.77. The predicted octanol–water partition coefficient (Wildman–Crippen LogP) is 2.71. The molecular formula is C17H18BrNO3. The van der Waals surface area contributed by atoms with Crippen LogP contribution in [0.5, 0.6) is 5.75 Å². The quantitative estimate of drug-likeness (QED) is 0.624. The monoisotopic (exact) mass is 363 g/mol. The average Bonchev–Trinajstić information content (AvgIpc) is 2.49. The Morgan fingerprint density at radius 2 is 2.18 bits per heavy atom. The number of amides is 1. The highest BCUT2D eigenvalue weighted by molar-refractivity contribution is 9.11. The zero-order valence-electron chi connectivity index (χ0n) is 12.3. The molecule has 116 valence electrons. The molecule has 1 aromatic carbocycles. The first-order valence-corrected chi connectivity index (χ1v) is 7.70. The van der Waals surface area contributed by atoms with Gasteiger partial charge in [-0.05, 0) is 28.7 Å². The number of ether oxygens (including phenoxy) is 1. The van der Waals surface area contributed by atoms with Crippen LogP contribution in [0.25, 0.3) is 0 Å². The van der Waals surface area contributed by atoms with E-state index in [1.165, 1.54) is 0 Å². The number of β-lactam (4-membered cyclic amide) rings is 1. The van der Waals surface area contributed by atoms with Crippen LogP contribution in [0.15, 0.2) is 35.3 Å². The Bertz CT molecular complexity index is 605. The second-order valence-corrected chi connectivity index (χ2v) is 6.32. The third kappa shape index (κ3) is 3.18. The van der Waals surface area contributed by atoms with Crippen molar-refractivity contribution in [1.82, 2.24) is 0 Å². The van der Waals surface area contributed by atoms with Crippen molar-refractivity contribution in [3.8, 4) is 18.1 Å². The summed E-state index contributed by atoms with van der Waals surface area (Å²) < 4.78 is 5.81. The Labute approximate surface area is 138 Å². The highest BCUT2D eigenvalue weighted by Crippen LogP contribution is 2.38. The lowest BCUT2D eigenvalue weighted by Crippen LogP contribution is -2.65. The largest absolute Gasteiger partial charge is 0.497 e. The Morgan fingerprint density at radius 1 is 1.55 bits per heavy atom. The second kappa shape index (κ2) is 6.99. The number of hydrogen-bond acceptors (Lipinski definition) is 3. The number of benzene rings is 1. The highest BCUT2D eigenvalue weighted by atomic mass is 79.9. The standard InChI is InChI=1S/C17H18BrNO3/c1-4-5-14-16(15(20)10-11(2)18)19(17(14)21)12-6-8-13(22-3)9-7-12/h1,6-9,14-16,20H,2,5,10H2,3H3/t14-,15-,16-/m1/s1. The molecule has 1 heterocycles. The summed E-state index contributed by atoms with van der Waals surface area (Å²) >= 11 is 3.25. The molecule has 1 saturated heterocycles. The lowest BCUT2D eigenvalue weighted by Gasteiger charge is -2.48. The van der Waals surface area contributed by atoms with Gasteiger partial charge in [0.15, 0.2) is 0 Å². The summed E-state index contributed by atoms with van der Waals surface area (Å²) in [6.45, 7) is 3.74. The van der Waals surface area contributed by atoms with Crippen molar-refractivity contribution in [2.75, 3.05) is 12.0 Å².